The number of amides is 1. The molecule has 0 bridgehead atoms. The molecule has 0 saturated carbocycles. The Hall–Kier alpha value is -3.15. The molecule has 1 fully saturated rings. The number of hydrogen-bond donors (Lipinski definition) is 0. The quantitative estimate of drug-likeness (QED) is 0.647. The van der Waals surface area contributed by atoms with Gasteiger partial charge in [-0.2, -0.15) is 4.99 Å². The van der Waals surface area contributed by atoms with E-state index < -0.39 is 5.60 Å². The van der Waals surface area contributed by atoms with Crippen molar-refractivity contribution in [2.75, 3.05) is 13.1 Å². The molecule has 0 atom stereocenters. The monoisotopic (exact) mass is 390 g/mol. The maximum Gasteiger partial charge on any atom is 0.339 e. The number of ether oxygens (including phenoxy) is 2. The smallest absolute Gasteiger partial charge is 0.339 e. The highest BCUT2D eigenvalue weighted by atomic mass is 16.6. The number of benzene rings is 2. The molecular weight excluding hydrogens is 368 g/mol. The van der Waals surface area contributed by atoms with Crippen molar-refractivity contribution in [3.63, 3.8) is 0 Å². The lowest BCUT2D eigenvalue weighted by molar-refractivity contribution is -0.117. The summed E-state index contributed by atoms with van der Waals surface area (Å²) >= 11 is 0. The number of esters is 1. The van der Waals surface area contributed by atoms with Crippen molar-refractivity contribution in [2.45, 2.75) is 38.4 Å². The number of nitrogens with zero attached hydrogens (tertiary/aromatic N) is 2. The van der Waals surface area contributed by atoms with E-state index in [2.05, 4.69) is 4.99 Å². The SMILES string of the molecule is Cc1ccc2c(c1)CC(=O)N=C(N1CCC3(CC1)OC(=O)c1ccccc13)OC2. The number of carbonyl (C=O) groups is 2. The summed E-state index contributed by atoms with van der Waals surface area (Å²) in [5.74, 6) is -0.458. The van der Waals surface area contributed by atoms with Crippen molar-refractivity contribution in [2.24, 2.45) is 4.99 Å². The van der Waals surface area contributed by atoms with Crippen molar-refractivity contribution in [1.82, 2.24) is 4.90 Å². The van der Waals surface area contributed by atoms with Gasteiger partial charge in [-0.15, -0.1) is 0 Å². The van der Waals surface area contributed by atoms with Crippen molar-refractivity contribution < 1.29 is 19.1 Å². The van der Waals surface area contributed by atoms with Gasteiger partial charge in [-0.05, 0) is 24.1 Å². The molecule has 0 aliphatic carbocycles. The number of carbonyl (C=O) groups excluding carboxylic acids is 2. The molecule has 6 nitrogen and oxygen atoms in total. The van der Waals surface area contributed by atoms with Gasteiger partial charge in [0.1, 0.15) is 12.2 Å². The van der Waals surface area contributed by atoms with Crippen LogP contribution in [0.1, 0.15) is 45.5 Å². The number of aryl methyl sites for hydroxylation is 1. The zero-order chi connectivity index (χ0) is 20.0. The maximum absolute atomic E-state index is 12.5. The summed E-state index contributed by atoms with van der Waals surface area (Å²) in [6.45, 7) is 3.61. The van der Waals surface area contributed by atoms with Crippen LogP contribution in [-0.2, 0) is 32.9 Å². The minimum Gasteiger partial charge on any atom is -0.460 e. The largest absolute Gasteiger partial charge is 0.460 e. The summed E-state index contributed by atoms with van der Waals surface area (Å²) in [6, 6.07) is 14.0. The van der Waals surface area contributed by atoms with Gasteiger partial charge in [0.15, 0.2) is 0 Å². The highest BCUT2D eigenvalue weighted by Gasteiger charge is 2.47. The number of amidine groups is 1. The Morgan fingerprint density at radius 3 is 2.66 bits per heavy atom. The van der Waals surface area contributed by atoms with E-state index in [1.807, 2.05) is 54.3 Å². The summed E-state index contributed by atoms with van der Waals surface area (Å²) in [5.41, 5.74) is 4.15. The maximum atomic E-state index is 12.5. The van der Waals surface area contributed by atoms with Crippen LogP contribution in [0.5, 0.6) is 0 Å². The van der Waals surface area contributed by atoms with E-state index in [4.69, 9.17) is 9.47 Å². The molecule has 148 valence electrons. The number of aliphatic imine (C=N–C) groups is 1. The molecule has 3 aliphatic heterocycles. The van der Waals surface area contributed by atoms with Crippen LogP contribution in [0.25, 0.3) is 0 Å². The average Bonchev–Trinajstić information content (AvgIpc) is 2.97. The van der Waals surface area contributed by atoms with E-state index in [1.54, 1.807) is 0 Å². The van der Waals surface area contributed by atoms with E-state index in [-0.39, 0.29) is 18.3 Å². The number of rotatable bonds is 0. The minimum atomic E-state index is -0.583. The molecule has 1 spiro atoms. The van der Waals surface area contributed by atoms with Crippen LogP contribution in [0.15, 0.2) is 47.5 Å². The second kappa shape index (κ2) is 6.72. The standard InChI is InChI=1S/C23H22N2O4/c1-15-6-7-16-14-28-22(24-20(26)13-17(16)12-15)25-10-8-23(9-11-25)19-5-3-2-4-18(19)21(27)29-23/h2-7,12H,8-11,13-14H2,1H3. The predicted molar refractivity (Wildman–Crippen MR) is 106 cm³/mol. The van der Waals surface area contributed by atoms with Crippen LogP contribution in [0.2, 0.25) is 0 Å². The van der Waals surface area contributed by atoms with Gasteiger partial charge in [0.2, 0.25) is 0 Å². The molecule has 2 aromatic rings. The van der Waals surface area contributed by atoms with Gasteiger partial charge in [0.25, 0.3) is 11.9 Å². The van der Waals surface area contributed by atoms with Crippen molar-refractivity contribution in [1.29, 1.82) is 0 Å². The number of hydrogen-bond acceptors (Lipinski definition) is 5. The molecule has 3 aliphatic rings. The molecule has 1 saturated heterocycles. The Kier molecular flexibility index (Phi) is 4.15. The molecule has 0 aromatic heterocycles. The van der Waals surface area contributed by atoms with E-state index in [1.165, 1.54) is 0 Å². The second-order valence-corrected chi connectivity index (χ2v) is 7.94. The van der Waals surface area contributed by atoms with Gasteiger partial charge in [-0.1, -0.05) is 42.0 Å². The number of piperidine rings is 1. The van der Waals surface area contributed by atoms with Crippen LogP contribution in [-0.4, -0.2) is 35.9 Å². The molecular formula is C23H22N2O4. The summed E-state index contributed by atoms with van der Waals surface area (Å²) in [6.07, 6.45) is 1.57. The van der Waals surface area contributed by atoms with Gasteiger partial charge >= 0.3 is 5.97 Å². The van der Waals surface area contributed by atoms with E-state index >= 15 is 0 Å². The predicted octanol–water partition coefficient (Wildman–Crippen LogP) is 3.11. The first-order valence-corrected chi connectivity index (χ1v) is 9.95. The van der Waals surface area contributed by atoms with Crippen LogP contribution >= 0.6 is 0 Å². The third kappa shape index (κ3) is 3.09. The number of likely N-dealkylation sites (tertiary alicyclic amines) is 1. The fourth-order valence-electron chi connectivity index (χ4n) is 4.48. The highest BCUT2D eigenvalue weighted by molar-refractivity contribution is 5.95. The Balaban J connectivity index is 1.34. The topological polar surface area (TPSA) is 68.2 Å². The first-order chi connectivity index (χ1) is 14.0. The lowest BCUT2D eigenvalue weighted by Gasteiger charge is -2.39. The summed E-state index contributed by atoms with van der Waals surface area (Å²) in [4.78, 5) is 30.9. The number of fused-ring (bicyclic) bond motifs is 3. The van der Waals surface area contributed by atoms with Crippen LogP contribution in [0.4, 0.5) is 0 Å². The molecule has 29 heavy (non-hydrogen) atoms. The first-order valence-electron chi connectivity index (χ1n) is 9.95. The van der Waals surface area contributed by atoms with Gasteiger partial charge in [0.05, 0.1) is 12.0 Å². The highest BCUT2D eigenvalue weighted by Crippen LogP contribution is 2.44. The zero-order valence-electron chi connectivity index (χ0n) is 16.3. The Morgan fingerprint density at radius 2 is 1.83 bits per heavy atom. The fourth-order valence-corrected chi connectivity index (χ4v) is 4.48. The van der Waals surface area contributed by atoms with Crippen molar-refractivity contribution in [3.05, 3.63) is 70.3 Å². The summed E-state index contributed by atoms with van der Waals surface area (Å²) < 4.78 is 11.8. The average molecular weight is 390 g/mol. The molecule has 5 rings (SSSR count). The molecule has 2 aromatic carbocycles. The molecule has 6 heteroatoms. The third-order valence-electron chi connectivity index (χ3n) is 6.05. The van der Waals surface area contributed by atoms with Crippen molar-refractivity contribution >= 4 is 17.9 Å². The molecule has 0 unspecified atom stereocenters. The normalized spacial score (nSPS) is 20.2. The van der Waals surface area contributed by atoms with Crippen molar-refractivity contribution in [3.8, 4) is 0 Å². The van der Waals surface area contributed by atoms with Gasteiger partial charge in [-0.25, -0.2) is 4.79 Å². The van der Waals surface area contributed by atoms with Gasteiger partial charge in [0, 0.05) is 31.5 Å². The van der Waals surface area contributed by atoms with Gasteiger partial charge < -0.3 is 14.4 Å². The van der Waals surface area contributed by atoms with E-state index in [9.17, 15) is 9.59 Å². The third-order valence-corrected chi connectivity index (χ3v) is 6.05. The molecule has 0 radical (unpaired) electrons. The fraction of sp³-hybridized carbons (Fsp3) is 0.348. The Bertz CT molecular complexity index is 1030. The molecule has 3 heterocycles. The molecule has 1 amide bonds. The Morgan fingerprint density at radius 1 is 1.03 bits per heavy atom. The van der Waals surface area contributed by atoms with Crippen LogP contribution in [0, 0.1) is 6.92 Å². The van der Waals surface area contributed by atoms with Gasteiger partial charge in [-0.3, -0.25) is 4.79 Å². The van der Waals surface area contributed by atoms with Crippen LogP contribution in [0.3, 0.4) is 0 Å². The Labute approximate surface area is 169 Å². The van der Waals surface area contributed by atoms with Crippen LogP contribution < -0.4 is 0 Å². The molecule has 0 N–H and O–H groups in total. The summed E-state index contributed by atoms with van der Waals surface area (Å²) in [7, 11) is 0. The minimum absolute atomic E-state index is 0.204. The second-order valence-electron chi connectivity index (χ2n) is 7.94. The van der Waals surface area contributed by atoms with E-state index in [0.717, 1.165) is 22.3 Å². The lowest BCUT2D eigenvalue weighted by Crippen LogP contribution is -2.46. The van der Waals surface area contributed by atoms with E-state index in [0.29, 0.717) is 44.1 Å². The first kappa shape index (κ1) is 17.9. The summed E-state index contributed by atoms with van der Waals surface area (Å²) in [5, 5.41) is 0. The lowest BCUT2D eigenvalue weighted by atomic mass is 9.84. The zero-order valence-corrected chi connectivity index (χ0v) is 16.3.